The summed E-state index contributed by atoms with van der Waals surface area (Å²) in [6.45, 7) is 3.51. The molecule has 1 heterocycles. The largest absolute Gasteiger partial charge is 0.497 e. The van der Waals surface area contributed by atoms with E-state index in [0.29, 0.717) is 6.54 Å². The Kier molecular flexibility index (Phi) is 5.48. The van der Waals surface area contributed by atoms with Gasteiger partial charge in [-0.25, -0.2) is 0 Å². The molecule has 1 fully saturated rings. The van der Waals surface area contributed by atoms with Crippen molar-refractivity contribution in [3.8, 4) is 5.75 Å². The number of anilines is 1. The van der Waals surface area contributed by atoms with Gasteiger partial charge in [0.15, 0.2) is 0 Å². The first-order chi connectivity index (χ1) is 9.19. The summed E-state index contributed by atoms with van der Waals surface area (Å²) in [4.78, 5) is 2.31. The van der Waals surface area contributed by atoms with E-state index in [0.717, 1.165) is 35.5 Å². The zero-order chi connectivity index (χ0) is 13.7. The lowest BCUT2D eigenvalue weighted by molar-refractivity contribution is 0.135. The first-order valence-electron chi connectivity index (χ1n) is 6.67. The van der Waals surface area contributed by atoms with E-state index < -0.39 is 0 Å². The minimum Gasteiger partial charge on any atom is -0.497 e. The number of nitrogens with one attached hydrogen (secondary N) is 1. The zero-order valence-electron chi connectivity index (χ0n) is 11.2. The monoisotopic (exact) mass is 328 g/mol. The summed E-state index contributed by atoms with van der Waals surface area (Å²) in [5.74, 6) is 0.805. The first kappa shape index (κ1) is 14.6. The Hall–Kier alpha value is -0.780. The number of benzene rings is 1. The number of halogens is 1. The third-order valence-electron chi connectivity index (χ3n) is 3.37. The topological polar surface area (TPSA) is 44.7 Å². The number of aliphatic hydroxyl groups is 1. The Balaban J connectivity index is 1.83. The number of hydrogen-bond donors (Lipinski definition) is 2. The van der Waals surface area contributed by atoms with Crippen LogP contribution in [0.4, 0.5) is 5.69 Å². The SMILES string of the molecule is COc1ccc(Br)c(NCC(O)CN2CCCC2)c1. The van der Waals surface area contributed by atoms with Gasteiger partial charge in [-0.2, -0.15) is 0 Å². The van der Waals surface area contributed by atoms with Gasteiger partial charge in [-0.15, -0.1) is 0 Å². The van der Waals surface area contributed by atoms with Crippen LogP contribution in [0, 0.1) is 0 Å². The summed E-state index contributed by atoms with van der Waals surface area (Å²) in [5.41, 5.74) is 0.944. The lowest BCUT2D eigenvalue weighted by atomic mass is 10.2. The van der Waals surface area contributed by atoms with Gasteiger partial charge in [-0.3, -0.25) is 0 Å². The normalized spacial score (nSPS) is 17.4. The molecule has 1 saturated heterocycles. The molecule has 0 aliphatic carbocycles. The van der Waals surface area contributed by atoms with Crippen LogP contribution in [0.3, 0.4) is 0 Å². The Bertz CT molecular complexity index is 408. The van der Waals surface area contributed by atoms with Gasteiger partial charge in [0.05, 0.1) is 18.9 Å². The predicted molar refractivity (Wildman–Crippen MR) is 80.9 cm³/mol. The van der Waals surface area contributed by atoms with Crippen LogP contribution in [0.15, 0.2) is 22.7 Å². The number of rotatable bonds is 6. The quantitative estimate of drug-likeness (QED) is 0.841. The molecule has 5 heteroatoms. The van der Waals surface area contributed by atoms with Gasteiger partial charge in [0.2, 0.25) is 0 Å². The highest BCUT2D eigenvalue weighted by molar-refractivity contribution is 9.10. The molecule has 1 aliphatic heterocycles. The maximum atomic E-state index is 10.0. The van der Waals surface area contributed by atoms with Crippen LogP contribution in [0.1, 0.15) is 12.8 Å². The molecular weight excluding hydrogens is 308 g/mol. The lowest BCUT2D eigenvalue weighted by Crippen LogP contribution is -2.34. The molecule has 0 radical (unpaired) electrons. The molecule has 0 aromatic heterocycles. The maximum absolute atomic E-state index is 10.0. The summed E-state index contributed by atoms with van der Waals surface area (Å²) in [6.07, 6.45) is 2.15. The summed E-state index contributed by atoms with van der Waals surface area (Å²) < 4.78 is 6.17. The highest BCUT2D eigenvalue weighted by Crippen LogP contribution is 2.27. The number of nitrogens with zero attached hydrogens (tertiary/aromatic N) is 1. The van der Waals surface area contributed by atoms with Crippen molar-refractivity contribution in [1.29, 1.82) is 0 Å². The summed E-state index contributed by atoms with van der Waals surface area (Å²) in [5, 5.41) is 13.3. The Morgan fingerprint density at radius 3 is 2.84 bits per heavy atom. The third-order valence-corrected chi connectivity index (χ3v) is 4.06. The van der Waals surface area contributed by atoms with Crippen LogP contribution in [0.2, 0.25) is 0 Å². The molecule has 0 spiro atoms. The van der Waals surface area contributed by atoms with Crippen molar-refractivity contribution in [3.05, 3.63) is 22.7 Å². The van der Waals surface area contributed by atoms with E-state index in [9.17, 15) is 5.11 Å². The smallest absolute Gasteiger partial charge is 0.121 e. The number of methoxy groups -OCH3 is 1. The molecule has 1 aliphatic rings. The second-order valence-electron chi connectivity index (χ2n) is 4.89. The van der Waals surface area contributed by atoms with Crippen LogP contribution in [-0.4, -0.2) is 49.4 Å². The predicted octanol–water partition coefficient (Wildman–Crippen LogP) is 2.33. The molecule has 4 nitrogen and oxygen atoms in total. The fourth-order valence-corrected chi connectivity index (χ4v) is 2.71. The Morgan fingerprint density at radius 2 is 2.16 bits per heavy atom. The molecule has 0 amide bonds. The zero-order valence-corrected chi connectivity index (χ0v) is 12.8. The molecule has 2 rings (SSSR count). The van der Waals surface area contributed by atoms with Gasteiger partial charge in [-0.05, 0) is 54.0 Å². The fraction of sp³-hybridized carbons (Fsp3) is 0.571. The standard InChI is InChI=1S/C14H21BrN2O2/c1-19-12-4-5-13(15)14(8-12)16-9-11(18)10-17-6-2-3-7-17/h4-5,8,11,16,18H,2-3,6-7,9-10H2,1H3. The van der Waals surface area contributed by atoms with E-state index in [1.807, 2.05) is 18.2 Å². The van der Waals surface area contributed by atoms with Gasteiger partial charge in [-0.1, -0.05) is 0 Å². The molecule has 0 bridgehead atoms. The van der Waals surface area contributed by atoms with E-state index in [1.54, 1.807) is 7.11 Å². The Labute approximate surface area is 122 Å². The Morgan fingerprint density at radius 1 is 1.42 bits per heavy atom. The highest BCUT2D eigenvalue weighted by atomic mass is 79.9. The molecule has 1 aromatic rings. The average Bonchev–Trinajstić information content (AvgIpc) is 2.90. The maximum Gasteiger partial charge on any atom is 0.121 e. The second kappa shape index (κ2) is 7.12. The molecular formula is C14H21BrN2O2. The van der Waals surface area contributed by atoms with Crippen molar-refractivity contribution in [3.63, 3.8) is 0 Å². The van der Waals surface area contributed by atoms with E-state index in [1.165, 1.54) is 12.8 Å². The summed E-state index contributed by atoms with van der Waals surface area (Å²) in [6, 6.07) is 5.76. The second-order valence-corrected chi connectivity index (χ2v) is 5.74. The highest BCUT2D eigenvalue weighted by Gasteiger charge is 2.15. The van der Waals surface area contributed by atoms with Gasteiger partial charge < -0.3 is 20.1 Å². The lowest BCUT2D eigenvalue weighted by Gasteiger charge is -2.20. The van der Waals surface area contributed by atoms with Crippen molar-refractivity contribution >= 4 is 21.6 Å². The summed E-state index contributed by atoms with van der Waals surface area (Å²) >= 11 is 3.49. The molecule has 1 aromatic carbocycles. The van der Waals surface area contributed by atoms with Crippen LogP contribution in [0.5, 0.6) is 5.75 Å². The van der Waals surface area contributed by atoms with E-state index in [2.05, 4.69) is 26.1 Å². The number of ether oxygens (including phenoxy) is 1. The third kappa shape index (κ3) is 4.37. The van der Waals surface area contributed by atoms with Crippen LogP contribution in [0.25, 0.3) is 0 Å². The van der Waals surface area contributed by atoms with Crippen molar-refractivity contribution in [2.75, 3.05) is 38.6 Å². The van der Waals surface area contributed by atoms with E-state index >= 15 is 0 Å². The van der Waals surface area contributed by atoms with Crippen LogP contribution >= 0.6 is 15.9 Å². The van der Waals surface area contributed by atoms with Crippen molar-refractivity contribution in [2.45, 2.75) is 18.9 Å². The number of β-amino-alcohol motifs (C(OH)–C–C–N with tert-alkyl or cyclic N) is 1. The average molecular weight is 329 g/mol. The van der Waals surface area contributed by atoms with Gasteiger partial charge in [0, 0.05) is 23.6 Å². The van der Waals surface area contributed by atoms with Gasteiger partial charge in [0.1, 0.15) is 5.75 Å². The van der Waals surface area contributed by atoms with Crippen molar-refractivity contribution < 1.29 is 9.84 Å². The number of likely N-dealkylation sites (tertiary alicyclic amines) is 1. The van der Waals surface area contributed by atoms with E-state index in [-0.39, 0.29) is 6.10 Å². The molecule has 1 unspecified atom stereocenters. The molecule has 0 saturated carbocycles. The number of aliphatic hydroxyl groups excluding tert-OH is 1. The molecule has 1 atom stereocenters. The molecule has 2 N–H and O–H groups in total. The summed E-state index contributed by atoms with van der Waals surface area (Å²) in [7, 11) is 1.65. The van der Waals surface area contributed by atoms with Crippen molar-refractivity contribution in [1.82, 2.24) is 4.90 Å². The van der Waals surface area contributed by atoms with E-state index in [4.69, 9.17) is 4.74 Å². The minimum atomic E-state index is -0.351. The van der Waals surface area contributed by atoms with Crippen LogP contribution < -0.4 is 10.1 Å². The van der Waals surface area contributed by atoms with Gasteiger partial charge in [0.25, 0.3) is 0 Å². The van der Waals surface area contributed by atoms with Gasteiger partial charge >= 0.3 is 0 Å². The van der Waals surface area contributed by atoms with Crippen LogP contribution in [-0.2, 0) is 0 Å². The molecule has 19 heavy (non-hydrogen) atoms. The number of hydrogen-bond acceptors (Lipinski definition) is 4. The minimum absolute atomic E-state index is 0.351. The molecule has 106 valence electrons. The van der Waals surface area contributed by atoms with Crippen molar-refractivity contribution in [2.24, 2.45) is 0 Å². The fourth-order valence-electron chi connectivity index (χ4n) is 2.32. The first-order valence-corrected chi connectivity index (χ1v) is 7.46.